The summed E-state index contributed by atoms with van der Waals surface area (Å²) in [5.74, 6) is -0.470. The Kier molecular flexibility index (Phi) is 4.64. The lowest BCUT2D eigenvalue weighted by molar-refractivity contribution is -0.120. The summed E-state index contributed by atoms with van der Waals surface area (Å²) >= 11 is 3.40. The summed E-state index contributed by atoms with van der Waals surface area (Å²) in [6, 6.07) is 16.8. The molecule has 4 rings (SSSR count). The first-order valence-corrected chi connectivity index (χ1v) is 9.65. The molecule has 4 nitrogen and oxygen atoms in total. The molecule has 1 fully saturated rings. The van der Waals surface area contributed by atoms with Crippen LogP contribution in [0.2, 0.25) is 0 Å². The Labute approximate surface area is 161 Å². The van der Waals surface area contributed by atoms with Crippen LogP contribution in [0.15, 0.2) is 64.8 Å². The first-order chi connectivity index (χ1) is 12.7. The van der Waals surface area contributed by atoms with Crippen molar-refractivity contribution in [3.8, 4) is 0 Å². The molecular formula is C21H19BrN2O2. The van der Waals surface area contributed by atoms with Gasteiger partial charge in [0.05, 0.1) is 11.3 Å². The number of amides is 2. The number of anilines is 1. The summed E-state index contributed by atoms with van der Waals surface area (Å²) in [7, 11) is 0. The predicted octanol–water partition coefficient (Wildman–Crippen LogP) is 4.22. The molecule has 2 aliphatic heterocycles. The van der Waals surface area contributed by atoms with Crippen molar-refractivity contribution in [3.05, 3.63) is 70.3 Å². The van der Waals surface area contributed by atoms with Crippen LogP contribution in [0.5, 0.6) is 0 Å². The van der Waals surface area contributed by atoms with E-state index in [0.717, 1.165) is 36.0 Å². The van der Waals surface area contributed by atoms with Crippen LogP contribution >= 0.6 is 15.9 Å². The van der Waals surface area contributed by atoms with Gasteiger partial charge in [0.15, 0.2) is 0 Å². The maximum atomic E-state index is 13.3. The average molecular weight is 411 g/mol. The van der Waals surface area contributed by atoms with Crippen molar-refractivity contribution in [2.75, 3.05) is 18.0 Å². The maximum Gasteiger partial charge on any atom is 0.282 e. The fraction of sp³-hybridized carbons (Fsp3) is 0.238. The molecule has 132 valence electrons. The maximum absolute atomic E-state index is 13.3. The fourth-order valence-corrected chi connectivity index (χ4v) is 3.88. The van der Waals surface area contributed by atoms with Gasteiger partial charge in [0.1, 0.15) is 5.70 Å². The van der Waals surface area contributed by atoms with E-state index in [2.05, 4.69) is 20.8 Å². The second-order valence-electron chi connectivity index (χ2n) is 6.56. The summed E-state index contributed by atoms with van der Waals surface area (Å²) in [6.07, 6.45) is 3.26. The van der Waals surface area contributed by atoms with Crippen LogP contribution in [0.25, 0.3) is 5.57 Å². The molecule has 0 bridgehead atoms. The van der Waals surface area contributed by atoms with Crippen molar-refractivity contribution < 1.29 is 9.59 Å². The predicted molar refractivity (Wildman–Crippen MR) is 105 cm³/mol. The molecule has 0 N–H and O–H groups in total. The SMILES string of the molecule is O=C1C(c2ccccc2)=C(N2CCCCC2)C(=O)N1c1ccc(Br)cc1. The molecule has 0 saturated carbocycles. The molecule has 5 heteroatoms. The molecule has 0 aliphatic carbocycles. The molecule has 0 aromatic heterocycles. The first-order valence-electron chi connectivity index (χ1n) is 8.86. The van der Waals surface area contributed by atoms with Crippen molar-refractivity contribution in [1.29, 1.82) is 0 Å². The highest BCUT2D eigenvalue weighted by molar-refractivity contribution is 9.10. The van der Waals surface area contributed by atoms with E-state index in [-0.39, 0.29) is 11.8 Å². The molecule has 0 radical (unpaired) electrons. The number of likely N-dealkylation sites (tertiary alicyclic amines) is 1. The third-order valence-electron chi connectivity index (χ3n) is 4.88. The standard InChI is InChI=1S/C21H19BrN2O2/c22-16-9-11-17(12-10-16)24-20(25)18(15-7-3-1-4-8-15)19(21(24)26)23-13-5-2-6-14-23/h1,3-4,7-12H,2,5-6,13-14H2. The van der Waals surface area contributed by atoms with Gasteiger partial charge in [-0.1, -0.05) is 46.3 Å². The molecule has 2 amide bonds. The van der Waals surface area contributed by atoms with Gasteiger partial charge in [-0.05, 0) is 49.1 Å². The highest BCUT2D eigenvalue weighted by Gasteiger charge is 2.42. The fourth-order valence-electron chi connectivity index (χ4n) is 3.62. The molecule has 0 spiro atoms. The van der Waals surface area contributed by atoms with Crippen LogP contribution < -0.4 is 4.90 Å². The van der Waals surface area contributed by atoms with E-state index in [1.54, 1.807) is 12.1 Å². The largest absolute Gasteiger partial charge is 0.366 e. The Morgan fingerprint density at radius 1 is 0.769 bits per heavy atom. The second kappa shape index (κ2) is 7.08. The van der Waals surface area contributed by atoms with Gasteiger partial charge < -0.3 is 4.90 Å². The third-order valence-corrected chi connectivity index (χ3v) is 5.41. The van der Waals surface area contributed by atoms with Gasteiger partial charge in [-0.25, -0.2) is 4.90 Å². The molecule has 1 saturated heterocycles. The Morgan fingerprint density at radius 2 is 1.42 bits per heavy atom. The summed E-state index contributed by atoms with van der Waals surface area (Å²) < 4.78 is 0.910. The van der Waals surface area contributed by atoms with E-state index in [1.165, 1.54) is 11.3 Å². The third kappa shape index (κ3) is 2.97. The number of rotatable bonds is 3. The monoisotopic (exact) mass is 410 g/mol. The number of benzene rings is 2. The summed E-state index contributed by atoms with van der Waals surface area (Å²) in [4.78, 5) is 29.9. The zero-order valence-corrected chi connectivity index (χ0v) is 15.9. The smallest absolute Gasteiger partial charge is 0.282 e. The number of hydrogen-bond acceptors (Lipinski definition) is 3. The van der Waals surface area contributed by atoms with Crippen molar-refractivity contribution in [2.45, 2.75) is 19.3 Å². The van der Waals surface area contributed by atoms with E-state index < -0.39 is 0 Å². The van der Waals surface area contributed by atoms with Crippen molar-refractivity contribution in [2.24, 2.45) is 0 Å². The minimum atomic E-state index is -0.246. The Bertz CT molecular complexity index is 869. The van der Waals surface area contributed by atoms with Crippen LogP contribution in [0.3, 0.4) is 0 Å². The van der Waals surface area contributed by atoms with Gasteiger partial charge in [0.2, 0.25) is 0 Å². The van der Waals surface area contributed by atoms with Gasteiger partial charge in [0, 0.05) is 17.6 Å². The molecular weight excluding hydrogens is 392 g/mol. The molecule has 2 heterocycles. The van der Waals surface area contributed by atoms with Crippen molar-refractivity contribution >= 4 is 39.0 Å². The van der Waals surface area contributed by atoms with E-state index >= 15 is 0 Å². The second-order valence-corrected chi connectivity index (χ2v) is 7.48. The molecule has 0 unspecified atom stereocenters. The van der Waals surface area contributed by atoms with Crippen molar-refractivity contribution in [3.63, 3.8) is 0 Å². The molecule has 2 aromatic rings. The lowest BCUT2D eigenvalue weighted by atomic mass is 10.0. The summed E-state index contributed by atoms with van der Waals surface area (Å²) in [5.41, 5.74) is 2.46. The number of carbonyl (C=O) groups is 2. The van der Waals surface area contributed by atoms with E-state index in [4.69, 9.17) is 0 Å². The molecule has 2 aromatic carbocycles. The zero-order chi connectivity index (χ0) is 18.1. The minimum absolute atomic E-state index is 0.224. The quantitative estimate of drug-likeness (QED) is 0.711. The zero-order valence-electron chi connectivity index (χ0n) is 14.3. The van der Waals surface area contributed by atoms with Crippen LogP contribution in [0, 0.1) is 0 Å². The van der Waals surface area contributed by atoms with Gasteiger partial charge in [-0.15, -0.1) is 0 Å². The topological polar surface area (TPSA) is 40.6 Å². The van der Waals surface area contributed by atoms with Crippen LogP contribution in [0.4, 0.5) is 5.69 Å². The summed E-state index contributed by atoms with van der Waals surface area (Å²) in [6.45, 7) is 1.64. The number of nitrogens with zero attached hydrogens (tertiary/aromatic N) is 2. The number of imide groups is 1. The number of halogens is 1. The molecule has 0 atom stereocenters. The number of hydrogen-bond donors (Lipinski definition) is 0. The van der Waals surface area contributed by atoms with Gasteiger partial charge in [-0.2, -0.15) is 0 Å². The van der Waals surface area contributed by atoms with Gasteiger partial charge >= 0.3 is 0 Å². The Morgan fingerprint density at radius 3 is 2.08 bits per heavy atom. The lowest BCUT2D eigenvalue weighted by Gasteiger charge is -2.29. The molecule has 26 heavy (non-hydrogen) atoms. The van der Waals surface area contributed by atoms with Crippen LogP contribution in [-0.4, -0.2) is 29.8 Å². The normalized spacial score (nSPS) is 18.0. The molecule has 2 aliphatic rings. The Hall–Kier alpha value is -2.40. The average Bonchev–Trinajstić information content (AvgIpc) is 2.94. The van der Waals surface area contributed by atoms with E-state index in [1.807, 2.05) is 42.5 Å². The lowest BCUT2D eigenvalue weighted by Crippen LogP contribution is -2.37. The number of carbonyl (C=O) groups excluding carboxylic acids is 2. The summed E-state index contributed by atoms with van der Waals surface area (Å²) in [5, 5.41) is 0. The van der Waals surface area contributed by atoms with Gasteiger partial charge in [0.25, 0.3) is 11.8 Å². The van der Waals surface area contributed by atoms with E-state index in [0.29, 0.717) is 17.0 Å². The van der Waals surface area contributed by atoms with Crippen LogP contribution in [-0.2, 0) is 9.59 Å². The highest BCUT2D eigenvalue weighted by atomic mass is 79.9. The Balaban J connectivity index is 1.81. The highest BCUT2D eigenvalue weighted by Crippen LogP contribution is 2.36. The number of piperidine rings is 1. The first kappa shape index (κ1) is 17.0. The van der Waals surface area contributed by atoms with E-state index in [9.17, 15) is 9.59 Å². The van der Waals surface area contributed by atoms with Crippen molar-refractivity contribution in [1.82, 2.24) is 4.90 Å². The minimum Gasteiger partial charge on any atom is -0.366 e. The van der Waals surface area contributed by atoms with Gasteiger partial charge in [-0.3, -0.25) is 9.59 Å². The van der Waals surface area contributed by atoms with Crippen LogP contribution in [0.1, 0.15) is 24.8 Å².